The Labute approximate surface area is 162 Å². The van der Waals surface area contributed by atoms with E-state index in [1.807, 2.05) is 5.43 Å². The van der Waals surface area contributed by atoms with Gasteiger partial charge in [0.15, 0.2) is 0 Å². The Kier molecular flexibility index (Phi) is 6.79. The molecule has 0 spiro atoms. The second-order valence-corrected chi connectivity index (χ2v) is 8.64. The summed E-state index contributed by atoms with van der Waals surface area (Å²) in [7, 11) is -4.02. The van der Waals surface area contributed by atoms with E-state index in [1.54, 1.807) is 13.8 Å². The van der Waals surface area contributed by atoms with Crippen LogP contribution in [-0.4, -0.2) is 38.2 Å². The number of benzene rings is 1. The fraction of sp³-hybridized carbons (Fsp3) is 0.438. The van der Waals surface area contributed by atoms with E-state index in [9.17, 15) is 22.8 Å². The van der Waals surface area contributed by atoms with Gasteiger partial charge in [-0.1, -0.05) is 31.5 Å². The van der Waals surface area contributed by atoms with Crippen LogP contribution in [0.3, 0.4) is 0 Å². The quantitative estimate of drug-likeness (QED) is 0.384. The average molecular weight is 417 g/mol. The van der Waals surface area contributed by atoms with Gasteiger partial charge in [-0.2, -0.15) is 4.72 Å². The summed E-state index contributed by atoms with van der Waals surface area (Å²) in [4.78, 5) is 35.4. The Hall–Kier alpha value is -2.17. The molecular formula is C16H21ClN4O5S. The van der Waals surface area contributed by atoms with Crippen LogP contribution in [-0.2, 0) is 24.4 Å². The predicted molar refractivity (Wildman–Crippen MR) is 97.8 cm³/mol. The van der Waals surface area contributed by atoms with Crippen molar-refractivity contribution in [2.75, 3.05) is 0 Å². The number of rotatable bonds is 6. The topological polar surface area (TPSA) is 133 Å². The number of sulfonamides is 1. The predicted octanol–water partition coefficient (Wildman–Crippen LogP) is 0.0689. The molecule has 1 aromatic carbocycles. The summed E-state index contributed by atoms with van der Waals surface area (Å²) in [6.45, 7) is 3.26. The van der Waals surface area contributed by atoms with Gasteiger partial charge in [0.25, 0.3) is 5.91 Å². The molecule has 1 aliphatic carbocycles. The summed E-state index contributed by atoms with van der Waals surface area (Å²) in [5.41, 5.74) is 4.05. The van der Waals surface area contributed by atoms with Gasteiger partial charge >= 0.3 is 11.8 Å². The van der Waals surface area contributed by atoms with Crippen LogP contribution in [0.1, 0.15) is 26.7 Å². The van der Waals surface area contributed by atoms with E-state index in [0.717, 1.165) is 12.8 Å². The SMILES string of the molecule is CC(C)[C@H](NS(=O)(=O)c1cccc(Cl)c1)C(=O)NNC(=O)C(=O)NC1CC1. The molecule has 3 amide bonds. The molecule has 2 rings (SSSR count). The van der Waals surface area contributed by atoms with Crippen LogP contribution < -0.4 is 20.9 Å². The minimum atomic E-state index is -4.02. The van der Waals surface area contributed by atoms with Gasteiger partial charge in [0.05, 0.1) is 4.90 Å². The molecule has 0 aliphatic heterocycles. The molecule has 0 bridgehead atoms. The maximum atomic E-state index is 12.5. The van der Waals surface area contributed by atoms with Crippen LogP contribution in [0.25, 0.3) is 0 Å². The van der Waals surface area contributed by atoms with Crippen LogP contribution in [0.4, 0.5) is 0 Å². The number of nitrogens with one attached hydrogen (secondary N) is 4. The molecular weight excluding hydrogens is 396 g/mol. The fourth-order valence-electron chi connectivity index (χ4n) is 2.09. The Balaban J connectivity index is 1.99. The number of amides is 3. The third-order valence-corrected chi connectivity index (χ3v) is 5.43. The second kappa shape index (κ2) is 8.68. The molecule has 11 heteroatoms. The smallest absolute Gasteiger partial charge is 0.327 e. The van der Waals surface area contributed by atoms with E-state index < -0.39 is 39.7 Å². The molecule has 9 nitrogen and oxygen atoms in total. The summed E-state index contributed by atoms with van der Waals surface area (Å²) in [6.07, 6.45) is 1.62. The second-order valence-electron chi connectivity index (χ2n) is 6.49. The van der Waals surface area contributed by atoms with Crippen molar-refractivity contribution >= 4 is 39.3 Å². The van der Waals surface area contributed by atoms with Crippen molar-refractivity contribution in [3.8, 4) is 0 Å². The van der Waals surface area contributed by atoms with Crippen molar-refractivity contribution in [1.82, 2.24) is 20.9 Å². The normalized spacial score (nSPS) is 15.1. The monoisotopic (exact) mass is 416 g/mol. The molecule has 0 unspecified atom stereocenters. The van der Waals surface area contributed by atoms with Crippen LogP contribution in [0.15, 0.2) is 29.2 Å². The van der Waals surface area contributed by atoms with Crippen LogP contribution >= 0.6 is 11.6 Å². The number of hydrazine groups is 1. The Morgan fingerprint density at radius 1 is 1.11 bits per heavy atom. The highest BCUT2D eigenvalue weighted by Crippen LogP contribution is 2.18. The molecule has 1 saturated carbocycles. The van der Waals surface area contributed by atoms with Crippen LogP contribution in [0, 0.1) is 5.92 Å². The summed E-state index contributed by atoms with van der Waals surface area (Å²) in [6, 6.07) is 4.40. The number of carbonyl (C=O) groups is 3. The third-order valence-electron chi connectivity index (χ3n) is 3.76. The fourth-order valence-corrected chi connectivity index (χ4v) is 3.74. The Morgan fingerprint density at radius 2 is 1.78 bits per heavy atom. The highest BCUT2D eigenvalue weighted by Gasteiger charge is 2.30. The van der Waals surface area contributed by atoms with E-state index >= 15 is 0 Å². The summed E-state index contributed by atoms with van der Waals surface area (Å²) >= 11 is 5.81. The largest absolute Gasteiger partial charge is 0.345 e. The van der Waals surface area contributed by atoms with E-state index in [1.165, 1.54) is 24.3 Å². The van der Waals surface area contributed by atoms with Crippen molar-refractivity contribution < 1.29 is 22.8 Å². The zero-order chi connectivity index (χ0) is 20.2. The van der Waals surface area contributed by atoms with Crippen LogP contribution in [0.5, 0.6) is 0 Å². The zero-order valence-corrected chi connectivity index (χ0v) is 16.4. The first-order valence-corrected chi connectivity index (χ1v) is 10.1. The number of hydrogen-bond donors (Lipinski definition) is 4. The van der Waals surface area contributed by atoms with Gasteiger partial charge in [-0.25, -0.2) is 8.42 Å². The molecule has 1 aromatic rings. The Morgan fingerprint density at radius 3 is 2.33 bits per heavy atom. The highest BCUT2D eigenvalue weighted by atomic mass is 35.5. The van der Waals surface area contributed by atoms with Crippen molar-refractivity contribution in [3.63, 3.8) is 0 Å². The zero-order valence-electron chi connectivity index (χ0n) is 14.8. The molecule has 27 heavy (non-hydrogen) atoms. The lowest BCUT2D eigenvalue weighted by Crippen LogP contribution is -2.56. The molecule has 0 heterocycles. The highest BCUT2D eigenvalue weighted by molar-refractivity contribution is 7.89. The number of carbonyl (C=O) groups excluding carboxylic acids is 3. The van der Waals surface area contributed by atoms with Crippen molar-refractivity contribution in [2.45, 2.75) is 43.7 Å². The summed E-state index contributed by atoms with van der Waals surface area (Å²) in [5.74, 6) is -3.13. The van der Waals surface area contributed by atoms with Gasteiger partial charge in [0, 0.05) is 11.1 Å². The lowest BCUT2D eigenvalue weighted by Gasteiger charge is -2.21. The van der Waals surface area contributed by atoms with Gasteiger partial charge in [0.1, 0.15) is 6.04 Å². The van der Waals surface area contributed by atoms with Gasteiger partial charge < -0.3 is 5.32 Å². The standard InChI is InChI=1S/C16H21ClN4O5S/c1-9(2)13(21-27(25,26)12-5-3-4-10(17)8-12)14(22)19-20-16(24)15(23)18-11-6-7-11/h3-5,8-9,11,13,21H,6-7H2,1-2H3,(H,18,23)(H,19,22)(H,20,24)/t13-/m0/s1. The van der Waals surface area contributed by atoms with Crippen molar-refractivity contribution in [3.05, 3.63) is 29.3 Å². The lowest BCUT2D eigenvalue weighted by molar-refractivity contribution is -0.141. The number of hydrogen-bond acceptors (Lipinski definition) is 5. The minimum Gasteiger partial charge on any atom is -0.345 e. The minimum absolute atomic E-state index is 0.00753. The molecule has 1 aliphatic rings. The molecule has 0 radical (unpaired) electrons. The average Bonchev–Trinajstić information content (AvgIpc) is 3.41. The molecule has 4 N–H and O–H groups in total. The van der Waals surface area contributed by atoms with E-state index in [2.05, 4.69) is 15.5 Å². The van der Waals surface area contributed by atoms with Gasteiger partial charge in [-0.3, -0.25) is 25.2 Å². The molecule has 1 fully saturated rings. The molecule has 0 aromatic heterocycles. The Bertz CT molecular complexity index is 839. The van der Waals surface area contributed by atoms with Gasteiger partial charge in [-0.15, -0.1) is 0 Å². The number of halogens is 1. The van der Waals surface area contributed by atoms with Crippen molar-refractivity contribution in [2.24, 2.45) is 5.92 Å². The molecule has 148 valence electrons. The first-order valence-electron chi connectivity index (χ1n) is 8.28. The first-order chi connectivity index (χ1) is 12.6. The van der Waals surface area contributed by atoms with Crippen LogP contribution in [0.2, 0.25) is 5.02 Å². The first kappa shape index (κ1) is 21.1. The van der Waals surface area contributed by atoms with Crippen molar-refractivity contribution in [1.29, 1.82) is 0 Å². The van der Waals surface area contributed by atoms with E-state index in [-0.39, 0.29) is 16.0 Å². The summed E-state index contributed by atoms with van der Waals surface area (Å²) in [5, 5.41) is 2.70. The maximum absolute atomic E-state index is 12.5. The molecule has 1 atom stereocenters. The maximum Gasteiger partial charge on any atom is 0.327 e. The molecule has 0 saturated heterocycles. The summed E-state index contributed by atoms with van der Waals surface area (Å²) < 4.78 is 27.2. The van der Waals surface area contributed by atoms with Gasteiger partial charge in [-0.05, 0) is 37.0 Å². The van der Waals surface area contributed by atoms with E-state index in [4.69, 9.17) is 11.6 Å². The van der Waals surface area contributed by atoms with Gasteiger partial charge in [0.2, 0.25) is 10.0 Å². The lowest BCUT2D eigenvalue weighted by atomic mass is 10.1. The van der Waals surface area contributed by atoms with E-state index in [0.29, 0.717) is 0 Å². The third kappa shape index (κ3) is 6.19.